The molecule has 0 N–H and O–H groups in total. The first-order chi connectivity index (χ1) is 15.7. The lowest BCUT2D eigenvalue weighted by atomic mass is 9.93. The summed E-state index contributed by atoms with van der Waals surface area (Å²) < 4.78 is 5.50. The van der Waals surface area contributed by atoms with Gasteiger partial charge < -0.3 is 4.74 Å². The minimum Gasteiger partial charge on any atom is -0.494 e. The molecule has 4 aromatic rings. The summed E-state index contributed by atoms with van der Waals surface area (Å²) in [6.07, 6.45) is 5.33. The molecule has 0 fully saturated rings. The second kappa shape index (κ2) is 10.6. The maximum Gasteiger partial charge on any atom is 0.119 e. The molecule has 0 aromatic heterocycles. The zero-order valence-electron chi connectivity index (χ0n) is 18.9. The van der Waals surface area contributed by atoms with E-state index in [2.05, 4.69) is 110 Å². The van der Waals surface area contributed by atoms with Gasteiger partial charge in [-0.15, -0.1) is 0 Å². The van der Waals surface area contributed by atoms with Gasteiger partial charge in [-0.05, 0) is 64.8 Å². The van der Waals surface area contributed by atoms with Crippen LogP contribution in [0.5, 0.6) is 5.75 Å². The van der Waals surface area contributed by atoms with Gasteiger partial charge in [0.1, 0.15) is 5.75 Å². The van der Waals surface area contributed by atoms with E-state index in [1.165, 1.54) is 27.8 Å². The third-order valence-electron chi connectivity index (χ3n) is 5.77. The highest BCUT2D eigenvalue weighted by molar-refractivity contribution is 5.72. The van der Waals surface area contributed by atoms with Gasteiger partial charge >= 0.3 is 0 Å². The molecule has 0 radical (unpaired) electrons. The molecule has 4 rings (SSSR count). The Morgan fingerprint density at radius 3 is 1.75 bits per heavy atom. The molecular weight excluding hydrogens is 388 g/mol. The fourth-order valence-electron chi connectivity index (χ4n) is 3.91. The van der Waals surface area contributed by atoms with E-state index in [9.17, 15) is 0 Å². The Bertz CT molecular complexity index is 1120. The topological polar surface area (TPSA) is 9.23 Å². The van der Waals surface area contributed by atoms with Gasteiger partial charge in [0.15, 0.2) is 0 Å². The van der Waals surface area contributed by atoms with E-state index in [-0.39, 0.29) is 0 Å². The molecule has 0 aliphatic rings. The normalized spacial score (nSPS) is 12.1. The number of benzene rings is 4. The van der Waals surface area contributed by atoms with Gasteiger partial charge in [-0.3, -0.25) is 0 Å². The van der Waals surface area contributed by atoms with Crippen molar-refractivity contribution in [2.75, 3.05) is 6.61 Å². The molecule has 0 aliphatic carbocycles. The Morgan fingerprint density at radius 1 is 0.656 bits per heavy atom. The minimum absolute atomic E-state index is 0.517. The van der Waals surface area contributed by atoms with Crippen LogP contribution in [-0.4, -0.2) is 6.61 Å². The predicted octanol–water partition coefficient (Wildman–Crippen LogP) is 8.27. The first-order valence-corrected chi connectivity index (χ1v) is 11.4. The van der Waals surface area contributed by atoms with Crippen LogP contribution in [0.4, 0.5) is 0 Å². The fourth-order valence-corrected chi connectivity index (χ4v) is 3.91. The first kappa shape index (κ1) is 21.6. The highest BCUT2D eigenvalue weighted by Crippen LogP contribution is 2.24. The molecule has 0 amide bonds. The molecule has 1 atom stereocenters. The Hall–Kier alpha value is -3.58. The largest absolute Gasteiger partial charge is 0.494 e. The average Bonchev–Trinajstić information content (AvgIpc) is 2.85. The number of ether oxygens (including phenoxy) is 1. The molecule has 0 heterocycles. The molecule has 1 nitrogen and oxygen atoms in total. The molecule has 0 spiro atoms. The van der Waals surface area contributed by atoms with Crippen molar-refractivity contribution >= 4 is 12.2 Å². The lowest BCUT2D eigenvalue weighted by Crippen LogP contribution is -1.98. The zero-order valence-corrected chi connectivity index (χ0v) is 18.9. The Balaban J connectivity index is 1.38. The van der Waals surface area contributed by atoms with Crippen LogP contribution < -0.4 is 4.74 Å². The third-order valence-corrected chi connectivity index (χ3v) is 5.77. The fraction of sp³-hybridized carbons (Fsp3) is 0.161. The minimum atomic E-state index is 0.517. The number of rotatable bonds is 8. The highest BCUT2D eigenvalue weighted by Gasteiger charge is 2.06. The molecule has 4 aromatic carbocycles. The summed E-state index contributed by atoms with van der Waals surface area (Å²) in [4.78, 5) is 0. The molecule has 1 heteroatoms. The van der Waals surface area contributed by atoms with Crippen LogP contribution in [0.25, 0.3) is 23.3 Å². The van der Waals surface area contributed by atoms with Crippen molar-refractivity contribution in [2.24, 2.45) is 0 Å². The summed E-state index contributed by atoms with van der Waals surface area (Å²) in [5.74, 6) is 1.43. The van der Waals surface area contributed by atoms with Crippen molar-refractivity contribution in [3.05, 3.63) is 125 Å². The monoisotopic (exact) mass is 418 g/mol. The summed E-state index contributed by atoms with van der Waals surface area (Å²) in [6, 6.07) is 36.6. The number of hydrogen-bond donors (Lipinski definition) is 0. The third kappa shape index (κ3) is 5.76. The summed E-state index contributed by atoms with van der Waals surface area (Å²) in [7, 11) is 0. The summed E-state index contributed by atoms with van der Waals surface area (Å²) in [6.45, 7) is 4.98. The summed E-state index contributed by atoms with van der Waals surface area (Å²) in [5.41, 5.74) is 7.62. The lowest BCUT2D eigenvalue weighted by Gasteiger charge is -2.12. The molecule has 0 unspecified atom stereocenters. The average molecular weight is 419 g/mol. The van der Waals surface area contributed by atoms with E-state index < -0.39 is 0 Å². The van der Waals surface area contributed by atoms with Crippen LogP contribution in [0.2, 0.25) is 0 Å². The molecule has 0 aliphatic heterocycles. The van der Waals surface area contributed by atoms with Crippen molar-refractivity contribution < 1.29 is 4.74 Å². The highest BCUT2D eigenvalue weighted by atomic mass is 16.5. The van der Waals surface area contributed by atoms with E-state index in [1.807, 2.05) is 19.1 Å². The van der Waals surface area contributed by atoms with E-state index in [0.717, 1.165) is 17.7 Å². The van der Waals surface area contributed by atoms with E-state index in [1.54, 1.807) is 0 Å². The SMILES string of the molecule is CCOc1ccc(C=Cc2ccc(-c3ccc(C[C@H](C)c4ccccc4)cc3)cc2)cc1. The Morgan fingerprint density at radius 2 is 1.19 bits per heavy atom. The van der Waals surface area contributed by atoms with Crippen molar-refractivity contribution in [1.82, 2.24) is 0 Å². The van der Waals surface area contributed by atoms with Crippen molar-refractivity contribution in [2.45, 2.75) is 26.2 Å². The number of hydrogen-bond acceptors (Lipinski definition) is 1. The standard InChI is InChI=1S/C31H30O/c1-3-32-31-21-15-26(16-22-31)10-9-25-11-17-29(18-12-25)30-19-13-27(14-20-30)23-24(2)28-7-5-4-6-8-28/h4-22,24H,3,23H2,1-2H3/t24-/m0/s1. The van der Waals surface area contributed by atoms with Gasteiger partial charge in [-0.2, -0.15) is 0 Å². The van der Waals surface area contributed by atoms with Crippen LogP contribution >= 0.6 is 0 Å². The Labute approximate surface area is 192 Å². The van der Waals surface area contributed by atoms with E-state index in [4.69, 9.17) is 4.74 Å². The first-order valence-electron chi connectivity index (χ1n) is 11.4. The van der Waals surface area contributed by atoms with Gasteiger partial charge in [0, 0.05) is 0 Å². The Kier molecular flexibility index (Phi) is 7.19. The van der Waals surface area contributed by atoms with Gasteiger partial charge in [0.05, 0.1) is 6.61 Å². The zero-order chi connectivity index (χ0) is 22.2. The molecular formula is C31H30O. The van der Waals surface area contributed by atoms with E-state index in [0.29, 0.717) is 12.5 Å². The van der Waals surface area contributed by atoms with Gasteiger partial charge in [0.2, 0.25) is 0 Å². The maximum absolute atomic E-state index is 5.50. The second-order valence-corrected chi connectivity index (χ2v) is 8.17. The van der Waals surface area contributed by atoms with Gasteiger partial charge in [0.25, 0.3) is 0 Å². The lowest BCUT2D eigenvalue weighted by molar-refractivity contribution is 0.340. The van der Waals surface area contributed by atoms with E-state index >= 15 is 0 Å². The van der Waals surface area contributed by atoms with Crippen molar-refractivity contribution in [3.63, 3.8) is 0 Å². The van der Waals surface area contributed by atoms with Crippen LogP contribution in [0.1, 0.15) is 42.0 Å². The van der Waals surface area contributed by atoms with Crippen LogP contribution in [0, 0.1) is 0 Å². The molecule has 32 heavy (non-hydrogen) atoms. The summed E-state index contributed by atoms with van der Waals surface area (Å²) in [5, 5.41) is 0. The van der Waals surface area contributed by atoms with Crippen LogP contribution in [0.3, 0.4) is 0 Å². The smallest absolute Gasteiger partial charge is 0.119 e. The molecule has 0 bridgehead atoms. The summed E-state index contributed by atoms with van der Waals surface area (Å²) >= 11 is 0. The van der Waals surface area contributed by atoms with Crippen molar-refractivity contribution in [3.8, 4) is 16.9 Å². The van der Waals surface area contributed by atoms with Crippen LogP contribution in [0.15, 0.2) is 103 Å². The van der Waals surface area contributed by atoms with Gasteiger partial charge in [-0.1, -0.05) is 110 Å². The maximum atomic E-state index is 5.50. The quantitative estimate of drug-likeness (QED) is 0.262. The van der Waals surface area contributed by atoms with Crippen molar-refractivity contribution in [1.29, 1.82) is 0 Å². The molecule has 0 saturated heterocycles. The van der Waals surface area contributed by atoms with Gasteiger partial charge in [-0.25, -0.2) is 0 Å². The molecule has 160 valence electrons. The molecule has 0 saturated carbocycles. The predicted molar refractivity (Wildman–Crippen MR) is 137 cm³/mol. The second-order valence-electron chi connectivity index (χ2n) is 8.17. The van der Waals surface area contributed by atoms with Crippen LogP contribution in [-0.2, 0) is 6.42 Å².